The van der Waals surface area contributed by atoms with Gasteiger partial charge in [-0.25, -0.2) is 0 Å². The summed E-state index contributed by atoms with van der Waals surface area (Å²) in [6, 6.07) is 22.7. The van der Waals surface area contributed by atoms with Crippen molar-refractivity contribution < 1.29 is 0 Å². The van der Waals surface area contributed by atoms with Crippen molar-refractivity contribution in [3.8, 4) is 12.1 Å². The second-order valence-corrected chi connectivity index (χ2v) is 6.83. The molecular formula is C24H15N3. The van der Waals surface area contributed by atoms with E-state index in [4.69, 9.17) is 0 Å². The van der Waals surface area contributed by atoms with Gasteiger partial charge in [0, 0.05) is 17.0 Å². The largest absolute Gasteiger partial charge is 0.333 e. The van der Waals surface area contributed by atoms with Gasteiger partial charge in [0.1, 0.15) is 12.1 Å². The molecule has 2 unspecified atom stereocenters. The molecule has 0 radical (unpaired) electrons. The topological polar surface area (TPSA) is 50.8 Å². The van der Waals surface area contributed by atoms with E-state index in [1.807, 2.05) is 12.1 Å². The van der Waals surface area contributed by atoms with Crippen molar-refractivity contribution in [2.75, 3.05) is 4.90 Å². The standard InChI is InChI=1S/C24H15N3/c25-14-17-9-11-19(13-18(17)15-26)27-23-8-4-3-7-21(23)22-12-10-16-5-1-2-6-20(16)24(22)27/h1-13,21,23H. The number of allylic oxidation sites excluding steroid dienone is 2. The van der Waals surface area contributed by atoms with Crippen LogP contribution < -0.4 is 4.90 Å². The number of nitrogens with zero attached hydrogens (tertiary/aromatic N) is 3. The molecule has 3 aromatic carbocycles. The summed E-state index contributed by atoms with van der Waals surface area (Å²) in [5.41, 5.74) is 4.25. The Hall–Kier alpha value is -3.82. The summed E-state index contributed by atoms with van der Waals surface area (Å²) >= 11 is 0. The maximum absolute atomic E-state index is 9.47. The van der Waals surface area contributed by atoms with Crippen LogP contribution in [0.2, 0.25) is 0 Å². The summed E-state index contributed by atoms with van der Waals surface area (Å²) in [5, 5.41) is 21.1. The van der Waals surface area contributed by atoms with Gasteiger partial charge < -0.3 is 4.90 Å². The third-order valence-electron chi connectivity index (χ3n) is 5.46. The van der Waals surface area contributed by atoms with Crippen molar-refractivity contribution in [1.82, 2.24) is 0 Å². The Balaban J connectivity index is 1.80. The second-order valence-electron chi connectivity index (χ2n) is 6.83. The van der Waals surface area contributed by atoms with Crippen LogP contribution in [0.4, 0.5) is 11.4 Å². The first-order valence-corrected chi connectivity index (χ1v) is 8.92. The van der Waals surface area contributed by atoms with E-state index in [1.165, 1.54) is 22.0 Å². The van der Waals surface area contributed by atoms with E-state index in [1.54, 1.807) is 6.07 Å². The lowest BCUT2D eigenvalue weighted by atomic mass is 9.90. The highest BCUT2D eigenvalue weighted by Gasteiger charge is 2.38. The Morgan fingerprint density at radius 2 is 1.63 bits per heavy atom. The van der Waals surface area contributed by atoms with Crippen LogP contribution in [0.25, 0.3) is 10.8 Å². The fraction of sp³-hybridized carbons (Fsp3) is 0.0833. The normalized spacial score (nSPS) is 19.4. The zero-order valence-electron chi connectivity index (χ0n) is 14.5. The zero-order valence-corrected chi connectivity index (χ0v) is 14.5. The van der Waals surface area contributed by atoms with Gasteiger partial charge in [-0.05, 0) is 29.1 Å². The van der Waals surface area contributed by atoms with Crippen molar-refractivity contribution in [3.05, 3.63) is 95.6 Å². The van der Waals surface area contributed by atoms with E-state index in [0.29, 0.717) is 11.1 Å². The van der Waals surface area contributed by atoms with Crippen LogP contribution in [0.1, 0.15) is 22.6 Å². The maximum Gasteiger partial charge on any atom is 0.101 e. The lowest BCUT2D eigenvalue weighted by Crippen LogP contribution is -2.28. The van der Waals surface area contributed by atoms with Crippen LogP contribution in [0.3, 0.4) is 0 Å². The van der Waals surface area contributed by atoms with Gasteiger partial charge >= 0.3 is 0 Å². The Morgan fingerprint density at radius 3 is 2.48 bits per heavy atom. The van der Waals surface area contributed by atoms with Gasteiger partial charge in [0.2, 0.25) is 0 Å². The molecule has 2 atom stereocenters. The molecule has 0 bridgehead atoms. The quantitative estimate of drug-likeness (QED) is 0.600. The number of fused-ring (bicyclic) bond motifs is 5. The van der Waals surface area contributed by atoms with Gasteiger partial charge in [-0.15, -0.1) is 0 Å². The molecular weight excluding hydrogens is 330 g/mol. The predicted octanol–water partition coefficient (Wildman–Crippen LogP) is 5.31. The Bertz CT molecular complexity index is 1220. The Kier molecular flexibility index (Phi) is 3.35. The summed E-state index contributed by atoms with van der Waals surface area (Å²) in [7, 11) is 0. The van der Waals surface area contributed by atoms with Crippen LogP contribution in [0.15, 0.2) is 78.9 Å². The summed E-state index contributed by atoms with van der Waals surface area (Å²) < 4.78 is 0. The SMILES string of the molecule is N#Cc1ccc(N2c3c(ccc4ccccc34)C3C=CC=CC32)cc1C#N. The zero-order chi connectivity index (χ0) is 18.4. The first-order chi connectivity index (χ1) is 13.3. The minimum absolute atomic E-state index is 0.162. The van der Waals surface area contributed by atoms with E-state index in [9.17, 15) is 10.5 Å². The molecule has 3 aromatic rings. The Labute approximate surface area is 157 Å². The fourth-order valence-electron chi connectivity index (χ4n) is 4.26. The van der Waals surface area contributed by atoms with Gasteiger partial charge in [-0.3, -0.25) is 0 Å². The van der Waals surface area contributed by atoms with Crippen molar-refractivity contribution in [2.45, 2.75) is 12.0 Å². The maximum atomic E-state index is 9.47. The number of anilines is 2. The predicted molar refractivity (Wildman–Crippen MR) is 107 cm³/mol. The van der Waals surface area contributed by atoms with Gasteiger partial charge in [-0.2, -0.15) is 10.5 Å². The fourth-order valence-corrected chi connectivity index (χ4v) is 4.26. The average molecular weight is 345 g/mol. The molecule has 2 aliphatic rings. The molecule has 0 aromatic heterocycles. The first kappa shape index (κ1) is 15.4. The molecule has 126 valence electrons. The van der Waals surface area contributed by atoms with E-state index in [0.717, 1.165) is 5.69 Å². The molecule has 1 aliphatic heterocycles. The molecule has 3 heteroatoms. The summed E-state index contributed by atoms with van der Waals surface area (Å²) in [6.45, 7) is 0. The third kappa shape index (κ3) is 2.19. The van der Waals surface area contributed by atoms with Crippen LogP contribution in [-0.4, -0.2) is 6.04 Å². The van der Waals surface area contributed by atoms with E-state index >= 15 is 0 Å². The highest BCUT2D eigenvalue weighted by atomic mass is 15.2. The number of benzene rings is 3. The van der Waals surface area contributed by atoms with Gasteiger partial charge in [-0.1, -0.05) is 60.7 Å². The highest BCUT2D eigenvalue weighted by Crippen LogP contribution is 2.50. The van der Waals surface area contributed by atoms with Crippen LogP contribution in [0.5, 0.6) is 0 Å². The highest BCUT2D eigenvalue weighted by molar-refractivity contribution is 6.00. The van der Waals surface area contributed by atoms with Crippen LogP contribution in [0, 0.1) is 22.7 Å². The van der Waals surface area contributed by atoms with Gasteiger partial charge in [0.05, 0.1) is 22.9 Å². The summed E-state index contributed by atoms with van der Waals surface area (Å²) in [6.07, 6.45) is 8.64. The average Bonchev–Trinajstić information content (AvgIpc) is 3.08. The van der Waals surface area contributed by atoms with Crippen molar-refractivity contribution in [1.29, 1.82) is 10.5 Å². The molecule has 0 saturated heterocycles. The molecule has 0 spiro atoms. The van der Waals surface area contributed by atoms with E-state index < -0.39 is 0 Å². The Morgan fingerprint density at radius 1 is 0.815 bits per heavy atom. The minimum Gasteiger partial charge on any atom is -0.333 e. The summed E-state index contributed by atoms with van der Waals surface area (Å²) in [4.78, 5) is 2.31. The first-order valence-electron chi connectivity index (χ1n) is 8.92. The molecule has 0 amide bonds. The molecule has 5 rings (SSSR count). The summed E-state index contributed by atoms with van der Waals surface area (Å²) in [5.74, 6) is 0.274. The van der Waals surface area contributed by atoms with Crippen LogP contribution in [-0.2, 0) is 0 Å². The minimum atomic E-state index is 0.162. The molecule has 0 N–H and O–H groups in total. The van der Waals surface area contributed by atoms with Crippen molar-refractivity contribution >= 4 is 22.1 Å². The number of nitriles is 2. The molecule has 1 heterocycles. The van der Waals surface area contributed by atoms with Gasteiger partial charge in [0.25, 0.3) is 0 Å². The molecule has 0 fully saturated rings. The molecule has 0 saturated carbocycles. The lowest BCUT2D eigenvalue weighted by molar-refractivity contribution is 0.745. The molecule has 27 heavy (non-hydrogen) atoms. The van der Waals surface area contributed by atoms with Crippen molar-refractivity contribution in [3.63, 3.8) is 0 Å². The van der Waals surface area contributed by atoms with E-state index in [-0.39, 0.29) is 12.0 Å². The smallest absolute Gasteiger partial charge is 0.101 e. The second kappa shape index (κ2) is 5.87. The van der Waals surface area contributed by atoms with Crippen molar-refractivity contribution in [2.24, 2.45) is 0 Å². The monoisotopic (exact) mass is 345 g/mol. The number of hydrogen-bond donors (Lipinski definition) is 0. The van der Waals surface area contributed by atoms with Gasteiger partial charge in [0.15, 0.2) is 0 Å². The number of rotatable bonds is 1. The third-order valence-corrected chi connectivity index (χ3v) is 5.46. The lowest BCUT2D eigenvalue weighted by Gasteiger charge is -2.29. The molecule has 1 aliphatic carbocycles. The van der Waals surface area contributed by atoms with Crippen LogP contribution >= 0.6 is 0 Å². The number of hydrogen-bond acceptors (Lipinski definition) is 3. The molecule has 3 nitrogen and oxygen atoms in total. The van der Waals surface area contributed by atoms with E-state index in [2.05, 4.69) is 77.7 Å².